The van der Waals surface area contributed by atoms with Crippen LogP contribution in [-0.2, 0) is 15.6 Å². The highest BCUT2D eigenvalue weighted by Gasteiger charge is 2.27. The summed E-state index contributed by atoms with van der Waals surface area (Å²) in [4.78, 5) is 11.5. The normalized spacial score (nSPS) is 25.4. The number of hydrogen-bond donors (Lipinski definition) is 0. The molecule has 3 heteroatoms. The molecule has 1 aliphatic carbocycles. The zero-order valence-corrected chi connectivity index (χ0v) is 9.94. The lowest BCUT2D eigenvalue weighted by Gasteiger charge is -2.20. The third-order valence-electron chi connectivity index (χ3n) is 2.71. The van der Waals surface area contributed by atoms with E-state index in [1.807, 2.05) is 0 Å². The number of Topliss-reactive ketones (excluding diaryl/α,β-unsaturated/α-hetero) is 1. The van der Waals surface area contributed by atoms with Gasteiger partial charge >= 0.3 is 0 Å². The van der Waals surface area contributed by atoms with Crippen LogP contribution < -0.4 is 0 Å². The predicted octanol–water partition coefficient (Wildman–Crippen LogP) is 2.29. The summed E-state index contributed by atoms with van der Waals surface area (Å²) in [6.07, 6.45) is 4.54. The second-order valence-electron chi connectivity index (χ2n) is 4.47. The van der Waals surface area contributed by atoms with Gasteiger partial charge in [-0.25, -0.2) is 0 Å². The molecule has 0 N–H and O–H groups in total. The number of carbonyl (C=O) groups excluding carboxylic acids is 1. The lowest BCUT2D eigenvalue weighted by molar-refractivity contribution is -0.119. The molecule has 0 aromatic heterocycles. The molecule has 1 saturated carbocycles. The minimum atomic E-state index is -0.907. The van der Waals surface area contributed by atoms with Gasteiger partial charge in [0.25, 0.3) is 0 Å². The fourth-order valence-corrected chi connectivity index (χ4v) is 3.55. The van der Waals surface area contributed by atoms with Crippen LogP contribution in [-0.4, -0.2) is 21.0 Å². The molecular formula is C11H20O2S. The molecule has 14 heavy (non-hydrogen) atoms. The largest absolute Gasteiger partial charge is 0.298 e. The maximum atomic E-state index is 11.8. The van der Waals surface area contributed by atoms with Gasteiger partial charge in [-0.1, -0.05) is 20.3 Å². The highest BCUT2D eigenvalue weighted by atomic mass is 32.2. The van der Waals surface area contributed by atoms with Gasteiger partial charge in [0.1, 0.15) is 5.78 Å². The molecule has 1 rings (SSSR count). The van der Waals surface area contributed by atoms with Gasteiger partial charge in [-0.05, 0) is 25.2 Å². The molecule has 0 aromatic rings. The SMILES string of the molecule is CC(C)CCS(=O)C1CCCCC1=O. The van der Waals surface area contributed by atoms with Crippen molar-refractivity contribution < 1.29 is 9.00 Å². The van der Waals surface area contributed by atoms with Crippen molar-refractivity contribution in [2.75, 3.05) is 5.75 Å². The molecule has 0 aromatic carbocycles. The van der Waals surface area contributed by atoms with Gasteiger partial charge in [0, 0.05) is 23.0 Å². The van der Waals surface area contributed by atoms with Gasteiger partial charge in [0.15, 0.2) is 0 Å². The predicted molar refractivity (Wildman–Crippen MR) is 59.7 cm³/mol. The number of hydrogen-bond acceptors (Lipinski definition) is 2. The van der Waals surface area contributed by atoms with Crippen LogP contribution in [0.15, 0.2) is 0 Å². The molecule has 0 heterocycles. The van der Waals surface area contributed by atoms with Crippen LogP contribution in [0, 0.1) is 5.92 Å². The van der Waals surface area contributed by atoms with Crippen molar-refractivity contribution in [2.24, 2.45) is 5.92 Å². The Morgan fingerprint density at radius 2 is 2.14 bits per heavy atom. The van der Waals surface area contributed by atoms with E-state index in [9.17, 15) is 9.00 Å². The third-order valence-corrected chi connectivity index (χ3v) is 4.48. The van der Waals surface area contributed by atoms with Crippen molar-refractivity contribution in [1.82, 2.24) is 0 Å². The molecular weight excluding hydrogens is 196 g/mol. The van der Waals surface area contributed by atoms with Crippen LogP contribution in [0.25, 0.3) is 0 Å². The molecule has 0 aliphatic heterocycles. The zero-order chi connectivity index (χ0) is 10.6. The van der Waals surface area contributed by atoms with E-state index in [1.54, 1.807) is 0 Å². The van der Waals surface area contributed by atoms with E-state index in [-0.39, 0.29) is 11.0 Å². The van der Waals surface area contributed by atoms with Crippen LogP contribution in [0.5, 0.6) is 0 Å². The molecule has 0 bridgehead atoms. The van der Waals surface area contributed by atoms with Crippen molar-refractivity contribution in [3.63, 3.8) is 0 Å². The molecule has 0 saturated heterocycles. The molecule has 0 spiro atoms. The zero-order valence-electron chi connectivity index (χ0n) is 9.12. The first kappa shape index (κ1) is 11.9. The number of ketones is 1. The monoisotopic (exact) mass is 216 g/mol. The molecule has 2 unspecified atom stereocenters. The highest BCUT2D eigenvalue weighted by molar-refractivity contribution is 7.86. The Hall–Kier alpha value is -0.180. The van der Waals surface area contributed by atoms with E-state index < -0.39 is 10.8 Å². The summed E-state index contributed by atoms with van der Waals surface area (Å²) in [5.41, 5.74) is 0. The number of rotatable bonds is 4. The van der Waals surface area contributed by atoms with Crippen LogP contribution in [0.1, 0.15) is 46.0 Å². The van der Waals surface area contributed by atoms with Crippen LogP contribution in [0.3, 0.4) is 0 Å². The van der Waals surface area contributed by atoms with Gasteiger partial charge in [-0.2, -0.15) is 0 Å². The molecule has 0 radical (unpaired) electrons. The Morgan fingerprint density at radius 3 is 2.71 bits per heavy atom. The third kappa shape index (κ3) is 3.52. The summed E-state index contributed by atoms with van der Waals surface area (Å²) < 4.78 is 11.8. The minimum Gasteiger partial charge on any atom is -0.298 e. The van der Waals surface area contributed by atoms with Crippen LogP contribution >= 0.6 is 0 Å². The van der Waals surface area contributed by atoms with E-state index in [1.165, 1.54) is 0 Å². The lowest BCUT2D eigenvalue weighted by Crippen LogP contribution is -2.30. The van der Waals surface area contributed by atoms with E-state index in [0.29, 0.717) is 18.1 Å². The van der Waals surface area contributed by atoms with Gasteiger partial charge in [0.2, 0.25) is 0 Å². The Morgan fingerprint density at radius 1 is 1.43 bits per heavy atom. The minimum absolute atomic E-state index is 0.137. The Balaban J connectivity index is 2.38. The Kier molecular flexibility index (Phi) is 4.79. The van der Waals surface area contributed by atoms with E-state index in [0.717, 1.165) is 25.7 Å². The van der Waals surface area contributed by atoms with E-state index >= 15 is 0 Å². The molecule has 1 fully saturated rings. The highest BCUT2D eigenvalue weighted by Crippen LogP contribution is 2.20. The topological polar surface area (TPSA) is 34.1 Å². The van der Waals surface area contributed by atoms with Gasteiger partial charge in [-0.3, -0.25) is 9.00 Å². The molecule has 82 valence electrons. The fourth-order valence-electron chi connectivity index (χ4n) is 1.72. The van der Waals surface area contributed by atoms with Crippen molar-refractivity contribution in [1.29, 1.82) is 0 Å². The molecule has 2 nitrogen and oxygen atoms in total. The van der Waals surface area contributed by atoms with Crippen molar-refractivity contribution >= 4 is 16.6 Å². The maximum absolute atomic E-state index is 11.8. The van der Waals surface area contributed by atoms with Gasteiger partial charge < -0.3 is 0 Å². The summed E-state index contributed by atoms with van der Waals surface area (Å²) in [5.74, 6) is 1.52. The Bertz CT molecular complexity index is 223. The molecule has 0 amide bonds. The average molecular weight is 216 g/mol. The first-order chi connectivity index (χ1) is 6.61. The van der Waals surface area contributed by atoms with Crippen molar-refractivity contribution in [2.45, 2.75) is 51.2 Å². The Labute approximate surface area is 88.9 Å². The summed E-state index contributed by atoms with van der Waals surface area (Å²) >= 11 is 0. The van der Waals surface area contributed by atoms with E-state index in [2.05, 4.69) is 13.8 Å². The van der Waals surface area contributed by atoms with Crippen LogP contribution in [0.4, 0.5) is 0 Å². The summed E-state index contributed by atoms with van der Waals surface area (Å²) in [6, 6.07) is 0. The quantitative estimate of drug-likeness (QED) is 0.722. The summed E-state index contributed by atoms with van der Waals surface area (Å²) in [5, 5.41) is -0.137. The summed E-state index contributed by atoms with van der Waals surface area (Å²) in [7, 11) is -0.907. The van der Waals surface area contributed by atoms with Crippen molar-refractivity contribution in [3.05, 3.63) is 0 Å². The number of carbonyl (C=O) groups is 1. The average Bonchev–Trinajstić information content (AvgIpc) is 2.15. The molecule has 1 aliphatic rings. The smallest absolute Gasteiger partial charge is 0.148 e. The molecule has 2 atom stereocenters. The second-order valence-corrected chi connectivity index (χ2v) is 6.21. The second kappa shape index (κ2) is 5.64. The lowest BCUT2D eigenvalue weighted by atomic mass is 9.99. The first-order valence-electron chi connectivity index (χ1n) is 5.51. The fraction of sp³-hybridized carbons (Fsp3) is 0.909. The van der Waals surface area contributed by atoms with Crippen LogP contribution in [0.2, 0.25) is 0 Å². The standard InChI is InChI=1S/C11H20O2S/c1-9(2)7-8-14(13)11-6-4-3-5-10(11)12/h9,11H,3-8H2,1-2H3. The summed E-state index contributed by atoms with van der Waals surface area (Å²) in [6.45, 7) is 4.25. The van der Waals surface area contributed by atoms with Crippen molar-refractivity contribution in [3.8, 4) is 0 Å². The van der Waals surface area contributed by atoms with Gasteiger partial charge in [-0.15, -0.1) is 0 Å². The van der Waals surface area contributed by atoms with Gasteiger partial charge in [0.05, 0.1) is 5.25 Å². The first-order valence-corrected chi connectivity index (χ1v) is 6.89. The van der Waals surface area contributed by atoms with E-state index in [4.69, 9.17) is 0 Å². The maximum Gasteiger partial charge on any atom is 0.148 e.